The topological polar surface area (TPSA) is 59.5 Å². The Labute approximate surface area is 160 Å². The third-order valence-corrected chi connectivity index (χ3v) is 5.13. The molecule has 1 amide bonds. The van der Waals surface area contributed by atoms with Gasteiger partial charge in [-0.05, 0) is 36.8 Å². The normalized spacial score (nSPS) is 10.9. The van der Waals surface area contributed by atoms with Gasteiger partial charge < -0.3 is 13.7 Å². The van der Waals surface area contributed by atoms with E-state index in [4.69, 9.17) is 8.83 Å². The molecule has 0 N–H and O–H groups in total. The number of nitrogens with zero attached hydrogens (tertiary/aromatic N) is 2. The van der Waals surface area contributed by atoms with Gasteiger partial charge in [0, 0.05) is 0 Å². The minimum absolute atomic E-state index is 0.147. The van der Waals surface area contributed by atoms with Gasteiger partial charge in [0.05, 0.1) is 35.5 Å². The molecule has 0 atom stereocenters. The van der Waals surface area contributed by atoms with Gasteiger partial charge in [-0.1, -0.05) is 30.3 Å². The van der Waals surface area contributed by atoms with Crippen LogP contribution in [0.25, 0.3) is 10.4 Å². The summed E-state index contributed by atoms with van der Waals surface area (Å²) in [5.74, 6) is 1.28. The predicted octanol–water partition coefficient (Wildman–Crippen LogP) is 5.15. The van der Waals surface area contributed by atoms with E-state index in [-0.39, 0.29) is 5.91 Å². The van der Waals surface area contributed by atoms with Gasteiger partial charge in [0.1, 0.15) is 17.2 Å². The highest BCUT2D eigenvalue weighted by Gasteiger charge is 2.25. The lowest BCUT2D eigenvalue weighted by molar-refractivity contribution is 0.0700. The highest BCUT2D eigenvalue weighted by Crippen LogP contribution is 2.31. The van der Waals surface area contributed by atoms with E-state index in [1.54, 1.807) is 17.4 Å². The lowest BCUT2D eigenvalue weighted by atomic mass is 10.1. The Morgan fingerprint density at radius 2 is 1.59 bits per heavy atom. The summed E-state index contributed by atoms with van der Waals surface area (Å²) in [6, 6.07) is 17.2. The van der Waals surface area contributed by atoms with Gasteiger partial charge in [-0.25, -0.2) is 4.98 Å². The van der Waals surface area contributed by atoms with Crippen LogP contribution in [0.4, 0.5) is 0 Å². The summed E-state index contributed by atoms with van der Waals surface area (Å²) in [6.45, 7) is 2.60. The molecule has 1 aromatic carbocycles. The number of amides is 1. The first-order chi connectivity index (χ1) is 13.2. The molecular formula is C21H18N2O3S. The standard InChI is InChI=1S/C21H18N2O3S/c1-15-22-19(20(27-15)16-7-3-2-4-8-16)21(24)23(13-17-9-5-11-25-17)14-18-10-6-12-26-18/h2-12H,13-14H2,1H3. The fourth-order valence-corrected chi connectivity index (χ4v) is 3.80. The molecule has 6 heteroatoms. The number of carbonyl (C=O) groups is 1. The number of hydrogen-bond acceptors (Lipinski definition) is 5. The van der Waals surface area contributed by atoms with E-state index in [9.17, 15) is 4.79 Å². The van der Waals surface area contributed by atoms with Gasteiger partial charge in [-0.3, -0.25) is 4.79 Å². The average molecular weight is 378 g/mol. The number of benzene rings is 1. The third kappa shape index (κ3) is 3.85. The molecule has 0 radical (unpaired) electrons. The molecule has 0 spiro atoms. The molecule has 0 saturated carbocycles. The van der Waals surface area contributed by atoms with Gasteiger partial charge in [0.2, 0.25) is 0 Å². The molecule has 0 aliphatic heterocycles. The third-order valence-electron chi connectivity index (χ3n) is 4.11. The summed E-state index contributed by atoms with van der Waals surface area (Å²) in [5.41, 5.74) is 1.45. The molecule has 4 rings (SSSR count). The maximum Gasteiger partial charge on any atom is 0.274 e. The summed E-state index contributed by atoms with van der Waals surface area (Å²) >= 11 is 1.52. The Balaban J connectivity index is 1.69. The van der Waals surface area contributed by atoms with Crippen LogP contribution in [0.5, 0.6) is 0 Å². The summed E-state index contributed by atoms with van der Waals surface area (Å²) < 4.78 is 10.9. The van der Waals surface area contributed by atoms with E-state index in [2.05, 4.69) is 4.98 Å². The molecule has 136 valence electrons. The van der Waals surface area contributed by atoms with Crippen molar-refractivity contribution in [2.45, 2.75) is 20.0 Å². The average Bonchev–Trinajstić information content (AvgIpc) is 3.43. The van der Waals surface area contributed by atoms with E-state index in [1.807, 2.05) is 61.5 Å². The monoisotopic (exact) mass is 378 g/mol. The second-order valence-corrected chi connectivity index (χ2v) is 7.30. The lowest BCUT2D eigenvalue weighted by Gasteiger charge is -2.20. The van der Waals surface area contributed by atoms with E-state index in [1.165, 1.54) is 11.3 Å². The molecule has 3 aromatic heterocycles. The zero-order valence-corrected chi connectivity index (χ0v) is 15.6. The Bertz CT molecular complexity index is 969. The second kappa shape index (κ2) is 7.63. The number of aryl methyl sites for hydroxylation is 1. The first-order valence-corrected chi connectivity index (χ1v) is 9.39. The molecular weight excluding hydrogens is 360 g/mol. The smallest absolute Gasteiger partial charge is 0.274 e. The van der Waals surface area contributed by atoms with Crippen molar-refractivity contribution in [3.8, 4) is 10.4 Å². The molecule has 4 aromatic rings. The van der Waals surface area contributed by atoms with Crippen molar-refractivity contribution in [2.24, 2.45) is 0 Å². The first kappa shape index (κ1) is 17.3. The van der Waals surface area contributed by atoms with Crippen molar-refractivity contribution in [2.75, 3.05) is 0 Å². The minimum Gasteiger partial charge on any atom is -0.467 e. The van der Waals surface area contributed by atoms with Crippen LogP contribution < -0.4 is 0 Å². The van der Waals surface area contributed by atoms with Gasteiger partial charge in [-0.15, -0.1) is 11.3 Å². The van der Waals surface area contributed by atoms with Crippen molar-refractivity contribution in [3.05, 3.63) is 89.3 Å². The number of hydrogen-bond donors (Lipinski definition) is 0. The number of furan rings is 2. The zero-order valence-electron chi connectivity index (χ0n) is 14.8. The van der Waals surface area contributed by atoms with Crippen molar-refractivity contribution < 1.29 is 13.6 Å². The van der Waals surface area contributed by atoms with Crippen LogP contribution in [-0.4, -0.2) is 15.8 Å². The summed E-state index contributed by atoms with van der Waals surface area (Å²) in [6.07, 6.45) is 3.21. The van der Waals surface area contributed by atoms with Gasteiger partial charge in [-0.2, -0.15) is 0 Å². The molecule has 0 aliphatic carbocycles. The van der Waals surface area contributed by atoms with Crippen LogP contribution >= 0.6 is 11.3 Å². The van der Waals surface area contributed by atoms with Crippen LogP contribution in [0.1, 0.15) is 27.0 Å². The minimum atomic E-state index is -0.147. The van der Waals surface area contributed by atoms with Crippen LogP contribution in [0.15, 0.2) is 76.0 Å². The molecule has 5 nitrogen and oxygen atoms in total. The Hall–Kier alpha value is -3.12. The van der Waals surface area contributed by atoms with Crippen LogP contribution in [0, 0.1) is 6.92 Å². The van der Waals surface area contributed by atoms with Crippen LogP contribution in [-0.2, 0) is 13.1 Å². The maximum absolute atomic E-state index is 13.4. The van der Waals surface area contributed by atoms with Crippen LogP contribution in [0.2, 0.25) is 0 Å². The van der Waals surface area contributed by atoms with Gasteiger partial charge in [0.15, 0.2) is 0 Å². The van der Waals surface area contributed by atoms with Crippen LogP contribution in [0.3, 0.4) is 0 Å². The maximum atomic E-state index is 13.4. The van der Waals surface area contributed by atoms with Gasteiger partial charge >= 0.3 is 0 Å². The Morgan fingerprint density at radius 3 is 2.15 bits per heavy atom. The quantitative estimate of drug-likeness (QED) is 0.466. The Kier molecular flexibility index (Phi) is 4.89. The van der Waals surface area contributed by atoms with Gasteiger partial charge in [0.25, 0.3) is 5.91 Å². The number of thiazole rings is 1. The fraction of sp³-hybridized carbons (Fsp3) is 0.143. The SMILES string of the molecule is Cc1nc(C(=O)N(Cc2ccco2)Cc2ccco2)c(-c2ccccc2)s1. The molecule has 0 bridgehead atoms. The highest BCUT2D eigenvalue weighted by atomic mass is 32.1. The Morgan fingerprint density at radius 1 is 0.963 bits per heavy atom. The first-order valence-electron chi connectivity index (χ1n) is 8.57. The van der Waals surface area contributed by atoms with E-state index in [0.29, 0.717) is 30.3 Å². The zero-order chi connectivity index (χ0) is 18.6. The summed E-state index contributed by atoms with van der Waals surface area (Å²) in [5, 5.41) is 0.855. The molecule has 3 heterocycles. The van der Waals surface area contributed by atoms with E-state index < -0.39 is 0 Å². The summed E-state index contributed by atoms with van der Waals surface area (Å²) in [7, 11) is 0. The van der Waals surface area contributed by atoms with Crippen molar-refractivity contribution in [1.82, 2.24) is 9.88 Å². The van der Waals surface area contributed by atoms with Crippen molar-refractivity contribution in [1.29, 1.82) is 0 Å². The molecule has 0 aliphatic rings. The van der Waals surface area contributed by atoms with Crippen molar-refractivity contribution in [3.63, 3.8) is 0 Å². The largest absolute Gasteiger partial charge is 0.467 e. The van der Waals surface area contributed by atoms with E-state index in [0.717, 1.165) is 15.4 Å². The number of aromatic nitrogens is 1. The predicted molar refractivity (Wildman–Crippen MR) is 103 cm³/mol. The fourth-order valence-electron chi connectivity index (χ4n) is 2.89. The highest BCUT2D eigenvalue weighted by molar-refractivity contribution is 7.15. The molecule has 0 fully saturated rings. The number of carbonyl (C=O) groups excluding carboxylic acids is 1. The number of rotatable bonds is 6. The molecule has 27 heavy (non-hydrogen) atoms. The summed E-state index contributed by atoms with van der Waals surface area (Å²) in [4.78, 5) is 20.5. The second-order valence-electron chi connectivity index (χ2n) is 6.10. The van der Waals surface area contributed by atoms with Crippen molar-refractivity contribution >= 4 is 17.2 Å². The molecule has 0 saturated heterocycles. The molecule has 0 unspecified atom stereocenters. The lowest BCUT2D eigenvalue weighted by Crippen LogP contribution is -2.30. The van der Waals surface area contributed by atoms with E-state index >= 15 is 0 Å².